The van der Waals surface area contributed by atoms with Gasteiger partial charge in [0.15, 0.2) is 6.10 Å². The van der Waals surface area contributed by atoms with Gasteiger partial charge in [-0.05, 0) is 43.1 Å². The van der Waals surface area contributed by atoms with Gasteiger partial charge in [0.25, 0.3) is 0 Å². The van der Waals surface area contributed by atoms with Crippen LogP contribution >= 0.6 is 7.82 Å². The van der Waals surface area contributed by atoms with Gasteiger partial charge in [-0.2, -0.15) is 0 Å². The topological polar surface area (TPSA) is 118 Å². The van der Waals surface area contributed by atoms with Gasteiger partial charge in [0.1, 0.15) is 12.2 Å². The first-order chi connectivity index (χ1) is 32.0. The summed E-state index contributed by atoms with van der Waals surface area (Å²) in [6.45, 7) is 19.9. The molecule has 1 aromatic carbocycles. The van der Waals surface area contributed by atoms with Crippen LogP contribution in [-0.2, 0) is 44.0 Å². The number of esters is 2. The molecule has 378 valence electrons. The van der Waals surface area contributed by atoms with Crippen LogP contribution in [-0.4, -0.2) is 47.9 Å². The van der Waals surface area contributed by atoms with E-state index >= 15 is 0 Å². The van der Waals surface area contributed by atoms with Gasteiger partial charge in [0.05, 0.1) is 19.3 Å². The molecule has 10 heteroatoms. The van der Waals surface area contributed by atoms with E-state index in [4.69, 9.17) is 23.3 Å². The molecular weight excluding hydrogens is 848 g/mol. The second-order valence-corrected chi connectivity index (χ2v) is 20.6. The fourth-order valence-electron chi connectivity index (χ4n) is 9.59. The number of ether oxygens (including phenoxy) is 3. The molecule has 2 rings (SSSR count). The number of carbonyl (C=O) groups excluding carboxylic acids is 2. The van der Waals surface area contributed by atoms with E-state index < -0.39 is 44.2 Å². The Morgan fingerprint density at radius 1 is 0.636 bits per heavy atom. The molecule has 0 heterocycles. The summed E-state index contributed by atoms with van der Waals surface area (Å²) in [5, 5.41) is 0. The molecular formula is C56H95O9P. The van der Waals surface area contributed by atoms with Crippen LogP contribution in [0.1, 0.15) is 213 Å². The Kier molecular flexibility index (Phi) is 32.9. The number of carbonyl (C=O) groups is 2. The number of hydrogen-bond acceptors (Lipinski definition) is 8. The monoisotopic (exact) mass is 943 g/mol. The van der Waals surface area contributed by atoms with Crippen molar-refractivity contribution in [2.75, 3.05) is 13.2 Å². The van der Waals surface area contributed by atoms with Gasteiger partial charge in [-0.25, -0.2) is 4.57 Å². The largest absolute Gasteiger partial charge is 0.472 e. The average molecular weight is 943 g/mol. The Hall–Kier alpha value is -2.55. The lowest BCUT2D eigenvalue weighted by atomic mass is 9.59. The maximum Gasteiger partial charge on any atom is 0.472 e. The number of phosphoric ester groups is 1. The molecule has 1 fully saturated rings. The summed E-state index contributed by atoms with van der Waals surface area (Å²) in [4.78, 5) is 37.4. The Bertz CT molecular complexity index is 1480. The zero-order chi connectivity index (χ0) is 48.3. The Balaban J connectivity index is 2.00. The third-order valence-electron chi connectivity index (χ3n) is 13.8. The van der Waals surface area contributed by atoms with E-state index in [2.05, 4.69) is 33.6 Å². The molecule has 0 bridgehead atoms. The molecule has 0 saturated heterocycles. The summed E-state index contributed by atoms with van der Waals surface area (Å²) in [6.07, 6.45) is 35.3. The van der Waals surface area contributed by atoms with Crippen LogP contribution in [0.3, 0.4) is 0 Å². The van der Waals surface area contributed by atoms with Crippen LogP contribution in [0, 0.1) is 23.7 Å². The normalized spacial score (nSPS) is 22.0. The molecule has 0 aliphatic heterocycles. The number of allylic oxidation sites excluding steroid dienone is 2. The first-order valence-electron chi connectivity index (χ1n) is 26.5. The van der Waals surface area contributed by atoms with E-state index in [1.54, 1.807) is 13.0 Å². The minimum absolute atomic E-state index is 0.112. The molecule has 1 saturated carbocycles. The lowest BCUT2D eigenvalue weighted by Crippen LogP contribution is -2.60. The molecule has 0 amide bonds. The van der Waals surface area contributed by atoms with Gasteiger partial charge >= 0.3 is 19.8 Å². The lowest BCUT2D eigenvalue weighted by molar-refractivity contribution is -0.183. The summed E-state index contributed by atoms with van der Waals surface area (Å²) in [5.74, 6) is -1.85. The molecule has 1 N–H and O–H groups in total. The van der Waals surface area contributed by atoms with Gasteiger partial charge in [0, 0.05) is 18.8 Å². The first-order valence-corrected chi connectivity index (χ1v) is 28.0. The van der Waals surface area contributed by atoms with Gasteiger partial charge in [-0.15, -0.1) is 19.7 Å². The zero-order valence-electron chi connectivity index (χ0n) is 42.3. The minimum Gasteiger partial charge on any atom is -0.462 e. The standard InChI is InChI=1S/C56H95O9P/c1-8-13-15-17-19-21-23-25-27-29-31-33-38-42-53(57)61-45-49(64-54(58)43-39-34-32-30-28-26-24-22-20-18-16-14-9-2)46-63-66(59,60)65-56(7)47(6)50(10-3)51(11-4)52(12-5)55(56)62-44-48-40-36-35-37-41-48/h10-12,35-37,40-41,47,49-52,55H,3-5,8-9,13-34,38-39,42-46H2,1-2,6-7H3,(H,59,60). The smallest absolute Gasteiger partial charge is 0.462 e. The highest BCUT2D eigenvalue weighted by atomic mass is 31.2. The van der Waals surface area contributed by atoms with Crippen molar-refractivity contribution in [3.63, 3.8) is 0 Å². The van der Waals surface area contributed by atoms with Crippen molar-refractivity contribution in [1.29, 1.82) is 0 Å². The number of benzene rings is 1. The molecule has 0 spiro atoms. The highest BCUT2D eigenvalue weighted by Crippen LogP contribution is 2.57. The number of rotatable bonds is 42. The van der Waals surface area contributed by atoms with E-state index in [1.807, 2.05) is 49.4 Å². The first kappa shape index (κ1) is 59.6. The van der Waals surface area contributed by atoms with Crippen LogP contribution < -0.4 is 0 Å². The average Bonchev–Trinajstić information content (AvgIpc) is 3.30. The van der Waals surface area contributed by atoms with E-state index in [-0.39, 0.29) is 49.7 Å². The molecule has 8 atom stereocenters. The fourth-order valence-corrected chi connectivity index (χ4v) is 10.8. The molecule has 0 radical (unpaired) electrons. The van der Waals surface area contributed by atoms with E-state index in [1.165, 1.54) is 116 Å². The van der Waals surface area contributed by atoms with E-state index in [9.17, 15) is 19.0 Å². The second kappa shape index (κ2) is 36.4. The summed E-state index contributed by atoms with van der Waals surface area (Å²) in [7, 11) is -4.84. The molecule has 1 aromatic rings. The van der Waals surface area contributed by atoms with Crippen LogP contribution in [0.4, 0.5) is 0 Å². The zero-order valence-corrected chi connectivity index (χ0v) is 43.2. The lowest BCUT2D eigenvalue weighted by Gasteiger charge is -2.54. The van der Waals surface area contributed by atoms with Gasteiger partial charge in [-0.1, -0.05) is 223 Å². The summed E-state index contributed by atoms with van der Waals surface area (Å²) < 4.78 is 43.8. The van der Waals surface area contributed by atoms with Crippen molar-refractivity contribution in [2.24, 2.45) is 23.7 Å². The van der Waals surface area contributed by atoms with Gasteiger partial charge in [0.2, 0.25) is 0 Å². The molecule has 1 aliphatic rings. The van der Waals surface area contributed by atoms with Crippen LogP contribution in [0.5, 0.6) is 0 Å². The maximum atomic E-state index is 14.0. The molecule has 66 heavy (non-hydrogen) atoms. The van der Waals surface area contributed by atoms with Crippen molar-refractivity contribution in [3.05, 3.63) is 73.9 Å². The number of phosphoric acid groups is 1. The highest BCUT2D eigenvalue weighted by Gasteiger charge is 2.57. The second-order valence-electron chi connectivity index (χ2n) is 19.3. The minimum atomic E-state index is -4.84. The predicted molar refractivity (Wildman–Crippen MR) is 272 cm³/mol. The van der Waals surface area contributed by atoms with Crippen molar-refractivity contribution in [2.45, 2.75) is 232 Å². The van der Waals surface area contributed by atoms with Crippen molar-refractivity contribution < 1.29 is 42.3 Å². The third-order valence-corrected chi connectivity index (χ3v) is 14.9. The maximum absolute atomic E-state index is 14.0. The van der Waals surface area contributed by atoms with E-state index in [0.29, 0.717) is 12.8 Å². The molecule has 8 unspecified atom stereocenters. The van der Waals surface area contributed by atoms with Crippen molar-refractivity contribution in [3.8, 4) is 0 Å². The van der Waals surface area contributed by atoms with E-state index in [0.717, 1.165) is 44.1 Å². The fraction of sp³-hybridized carbons (Fsp3) is 0.750. The Labute approximate surface area is 403 Å². The summed E-state index contributed by atoms with van der Waals surface area (Å²) in [5.41, 5.74) is -0.413. The van der Waals surface area contributed by atoms with Crippen LogP contribution in [0.15, 0.2) is 68.3 Å². The third kappa shape index (κ3) is 24.6. The predicted octanol–water partition coefficient (Wildman–Crippen LogP) is 15.9. The van der Waals surface area contributed by atoms with Crippen molar-refractivity contribution >= 4 is 19.8 Å². The number of unbranched alkanes of at least 4 members (excludes halogenated alkanes) is 24. The van der Waals surface area contributed by atoms with Crippen LogP contribution in [0.25, 0.3) is 0 Å². The van der Waals surface area contributed by atoms with Gasteiger partial charge < -0.3 is 19.1 Å². The van der Waals surface area contributed by atoms with Crippen molar-refractivity contribution in [1.82, 2.24) is 0 Å². The SMILES string of the molecule is C=CC1C(C=C)C(C)C(C)(OP(=O)(O)OCC(COC(=O)CCCCCCCCCCCCCCC)OC(=O)CCCCCCCCCCCCCCC)C(OCc2ccccc2)C1C=C. The molecule has 0 aromatic heterocycles. The number of hydrogen-bond donors (Lipinski definition) is 1. The molecule has 9 nitrogen and oxygen atoms in total. The molecule has 1 aliphatic carbocycles. The summed E-state index contributed by atoms with van der Waals surface area (Å²) in [6, 6.07) is 9.70. The quantitative estimate of drug-likeness (QED) is 0.0296. The highest BCUT2D eigenvalue weighted by molar-refractivity contribution is 7.47. The Morgan fingerprint density at radius 2 is 1.06 bits per heavy atom. The Morgan fingerprint density at radius 3 is 1.50 bits per heavy atom. The summed E-state index contributed by atoms with van der Waals surface area (Å²) >= 11 is 0. The van der Waals surface area contributed by atoms with Crippen LogP contribution in [0.2, 0.25) is 0 Å². The van der Waals surface area contributed by atoms with Gasteiger partial charge in [-0.3, -0.25) is 18.6 Å².